The van der Waals surface area contributed by atoms with Gasteiger partial charge in [0.05, 0.1) is 22.9 Å². The third-order valence-electron chi connectivity index (χ3n) is 5.76. The first-order valence-corrected chi connectivity index (χ1v) is 11.1. The Morgan fingerprint density at radius 3 is 2.23 bits per heavy atom. The van der Waals surface area contributed by atoms with Gasteiger partial charge in [0.15, 0.2) is 5.11 Å². The van der Waals surface area contributed by atoms with Crippen LogP contribution in [0.3, 0.4) is 0 Å². The molecule has 0 saturated carbocycles. The second-order valence-corrected chi connectivity index (χ2v) is 8.33. The van der Waals surface area contributed by atoms with Crippen molar-refractivity contribution >= 4 is 35.0 Å². The van der Waals surface area contributed by atoms with Crippen LogP contribution in [0.15, 0.2) is 89.5 Å². The normalized spacial score (nSPS) is 17.3. The maximum atomic E-state index is 11.5. The number of aromatic nitrogens is 1. The first-order valence-electron chi connectivity index (χ1n) is 10.7. The molecular weight excluding hydrogens is 466 g/mol. The van der Waals surface area contributed by atoms with Gasteiger partial charge in [0.2, 0.25) is 0 Å². The molecule has 174 valence electrons. The van der Waals surface area contributed by atoms with Gasteiger partial charge >= 0.3 is 11.9 Å². The van der Waals surface area contributed by atoms with Crippen molar-refractivity contribution in [3.8, 4) is 11.3 Å². The molecule has 1 saturated heterocycles. The molecule has 0 aliphatic carbocycles. The molecule has 0 amide bonds. The number of rotatable bonds is 6. The SMILES string of the molecule is O=C(O)c1cc(C(=O)O)cc(-c2ccc([C@H]3[C@@H](c4ccccn4)NC(=S)N3c3ccccc3)o2)c1. The highest BCUT2D eigenvalue weighted by molar-refractivity contribution is 7.80. The summed E-state index contributed by atoms with van der Waals surface area (Å²) in [7, 11) is 0. The number of para-hydroxylation sites is 1. The van der Waals surface area contributed by atoms with Crippen LogP contribution in [-0.2, 0) is 0 Å². The molecular formula is C26H19N3O5S. The van der Waals surface area contributed by atoms with Gasteiger partial charge < -0.3 is 24.8 Å². The number of pyridine rings is 1. The Morgan fingerprint density at radius 2 is 1.60 bits per heavy atom. The number of thiocarbonyl (C=S) groups is 1. The van der Waals surface area contributed by atoms with E-state index in [1.807, 2.05) is 53.4 Å². The minimum absolute atomic E-state index is 0.140. The number of carboxylic acid groups (broad SMARTS) is 2. The molecule has 4 aromatic rings. The summed E-state index contributed by atoms with van der Waals surface area (Å²) in [6.07, 6.45) is 1.71. The summed E-state index contributed by atoms with van der Waals surface area (Å²) in [4.78, 5) is 29.6. The molecule has 9 heteroatoms. The minimum Gasteiger partial charge on any atom is -0.478 e. The number of aromatic carboxylic acids is 2. The average molecular weight is 486 g/mol. The molecule has 35 heavy (non-hydrogen) atoms. The van der Waals surface area contributed by atoms with Crippen LogP contribution in [0.4, 0.5) is 5.69 Å². The Kier molecular flexibility index (Phi) is 5.76. The van der Waals surface area contributed by atoms with Crippen LogP contribution in [0.25, 0.3) is 11.3 Å². The smallest absolute Gasteiger partial charge is 0.335 e. The van der Waals surface area contributed by atoms with Crippen molar-refractivity contribution in [2.24, 2.45) is 0 Å². The van der Waals surface area contributed by atoms with Crippen molar-refractivity contribution in [1.82, 2.24) is 10.3 Å². The molecule has 1 aliphatic heterocycles. The van der Waals surface area contributed by atoms with Crippen LogP contribution in [-0.4, -0.2) is 32.2 Å². The number of benzene rings is 2. The first-order chi connectivity index (χ1) is 16.9. The molecule has 3 heterocycles. The lowest BCUT2D eigenvalue weighted by molar-refractivity contribution is 0.0696. The van der Waals surface area contributed by atoms with E-state index in [-0.39, 0.29) is 17.2 Å². The largest absolute Gasteiger partial charge is 0.478 e. The second-order valence-electron chi connectivity index (χ2n) is 7.94. The lowest BCUT2D eigenvalue weighted by Gasteiger charge is -2.26. The van der Waals surface area contributed by atoms with Crippen molar-refractivity contribution in [2.75, 3.05) is 4.90 Å². The predicted octanol–water partition coefficient (Wildman–Crippen LogP) is 4.92. The Morgan fingerprint density at radius 1 is 0.914 bits per heavy atom. The van der Waals surface area contributed by atoms with E-state index in [9.17, 15) is 19.8 Å². The van der Waals surface area contributed by atoms with E-state index in [2.05, 4.69) is 10.3 Å². The molecule has 0 bridgehead atoms. The Balaban J connectivity index is 1.61. The monoisotopic (exact) mass is 485 g/mol. The van der Waals surface area contributed by atoms with Gasteiger partial charge in [0.25, 0.3) is 0 Å². The van der Waals surface area contributed by atoms with Crippen molar-refractivity contribution < 1.29 is 24.2 Å². The van der Waals surface area contributed by atoms with Crippen LogP contribution in [0, 0.1) is 0 Å². The minimum atomic E-state index is -1.23. The van der Waals surface area contributed by atoms with E-state index in [1.165, 1.54) is 12.1 Å². The quantitative estimate of drug-likeness (QED) is 0.327. The lowest BCUT2D eigenvalue weighted by atomic mass is 10.0. The maximum absolute atomic E-state index is 11.5. The molecule has 1 aliphatic rings. The summed E-state index contributed by atoms with van der Waals surface area (Å²) in [5.74, 6) is -1.55. The van der Waals surface area contributed by atoms with Gasteiger partial charge in [-0.15, -0.1) is 0 Å². The van der Waals surface area contributed by atoms with Crippen molar-refractivity contribution in [1.29, 1.82) is 0 Å². The summed E-state index contributed by atoms with van der Waals surface area (Å²) in [5, 5.41) is 22.7. The molecule has 0 radical (unpaired) electrons. The van der Waals surface area contributed by atoms with Gasteiger partial charge in [-0.25, -0.2) is 9.59 Å². The zero-order chi connectivity index (χ0) is 24.5. The van der Waals surface area contributed by atoms with Crippen molar-refractivity contribution in [3.05, 3.63) is 108 Å². The highest BCUT2D eigenvalue weighted by Crippen LogP contribution is 2.42. The fourth-order valence-electron chi connectivity index (χ4n) is 4.19. The van der Waals surface area contributed by atoms with Crippen LogP contribution in [0.1, 0.15) is 44.3 Å². The molecule has 2 atom stereocenters. The van der Waals surface area contributed by atoms with E-state index in [4.69, 9.17) is 16.6 Å². The van der Waals surface area contributed by atoms with E-state index < -0.39 is 18.0 Å². The Bertz CT molecular complexity index is 1390. The number of carbonyl (C=O) groups is 2. The molecule has 8 nitrogen and oxygen atoms in total. The average Bonchev–Trinajstić information content (AvgIpc) is 3.49. The van der Waals surface area contributed by atoms with Gasteiger partial charge in [-0.2, -0.15) is 0 Å². The van der Waals surface area contributed by atoms with Crippen LogP contribution >= 0.6 is 12.2 Å². The highest BCUT2D eigenvalue weighted by Gasteiger charge is 2.42. The molecule has 2 aromatic carbocycles. The number of anilines is 1. The number of furan rings is 1. The standard InChI is InChI=1S/C26H19N3O5S/c30-24(31)16-12-15(13-17(14-16)25(32)33)20-9-10-21(34-20)23-22(19-8-4-5-11-27-19)28-26(35)29(23)18-6-2-1-3-7-18/h1-14,22-23H,(H,28,35)(H,30,31)(H,32,33)/t22-,23+/m1/s1. The van der Waals surface area contributed by atoms with E-state index >= 15 is 0 Å². The zero-order valence-electron chi connectivity index (χ0n) is 18.2. The third kappa shape index (κ3) is 4.24. The number of hydrogen-bond donors (Lipinski definition) is 3. The maximum Gasteiger partial charge on any atom is 0.335 e. The number of carboxylic acids is 2. The Hall–Kier alpha value is -4.50. The highest BCUT2D eigenvalue weighted by atomic mass is 32.1. The van der Waals surface area contributed by atoms with Gasteiger partial charge in [0.1, 0.15) is 17.6 Å². The van der Waals surface area contributed by atoms with Crippen molar-refractivity contribution in [3.63, 3.8) is 0 Å². The molecule has 0 unspecified atom stereocenters. The van der Waals surface area contributed by atoms with Crippen LogP contribution in [0.2, 0.25) is 0 Å². The summed E-state index contributed by atoms with van der Waals surface area (Å²) in [6.45, 7) is 0. The number of nitrogens with one attached hydrogen (secondary N) is 1. The van der Waals surface area contributed by atoms with E-state index in [1.54, 1.807) is 18.3 Å². The number of nitrogens with zero attached hydrogens (tertiary/aromatic N) is 2. The topological polar surface area (TPSA) is 116 Å². The summed E-state index contributed by atoms with van der Waals surface area (Å²) < 4.78 is 6.22. The van der Waals surface area contributed by atoms with Crippen molar-refractivity contribution in [2.45, 2.75) is 12.1 Å². The molecule has 5 rings (SSSR count). The molecule has 0 spiro atoms. The van der Waals surface area contributed by atoms with Crippen LogP contribution < -0.4 is 10.2 Å². The van der Waals surface area contributed by atoms with Gasteiger partial charge in [-0.3, -0.25) is 4.98 Å². The molecule has 3 N–H and O–H groups in total. The fraction of sp³-hybridized carbons (Fsp3) is 0.0769. The van der Waals surface area contributed by atoms with E-state index in [0.717, 1.165) is 17.4 Å². The Labute approximate surface area is 205 Å². The summed E-state index contributed by atoms with van der Waals surface area (Å²) in [5.41, 5.74) is 1.71. The summed E-state index contributed by atoms with van der Waals surface area (Å²) in [6, 6.07) is 21.9. The first kappa shape index (κ1) is 22.3. The van der Waals surface area contributed by atoms with Crippen LogP contribution in [0.5, 0.6) is 0 Å². The van der Waals surface area contributed by atoms with Gasteiger partial charge in [-0.1, -0.05) is 24.3 Å². The van der Waals surface area contributed by atoms with Gasteiger partial charge in [0, 0.05) is 17.4 Å². The molecule has 1 fully saturated rings. The lowest BCUT2D eigenvalue weighted by Crippen LogP contribution is -2.29. The summed E-state index contributed by atoms with van der Waals surface area (Å²) >= 11 is 5.68. The molecule has 2 aromatic heterocycles. The zero-order valence-corrected chi connectivity index (χ0v) is 19.0. The third-order valence-corrected chi connectivity index (χ3v) is 6.08. The van der Waals surface area contributed by atoms with E-state index in [0.29, 0.717) is 22.2 Å². The second kappa shape index (κ2) is 9.03. The predicted molar refractivity (Wildman–Crippen MR) is 132 cm³/mol. The van der Waals surface area contributed by atoms with Gasteiger partial charge in [-0.05, 0) is 66.8 Å². The number of hydrogen-bond acceptors (Lipinski definition) is 5. The fourth-order valence-corrected chi connectivity index (χ4v) is 4.54.